The van der Waals surface area contributed by atoms with Crippen LogP contribution in [0.2, 0.25) is 0 Å². The van der Waals surface area contributed by atoms with Crippen LogP contribution >= 0.6 is 0 Å². The van der Waals surface area contributed by atoms with Gasteiger partial charge < -0.3 is 10.1 Å². The smallest absolute Gasteiger partial charge is 0.407 e. The third-order valence-corrected chi connectivity index (χ3v) is 1.87. The Kier molecular flexibility index (Phi) is 6.54. The van der Waals surface area contributed by atoms with Crippen molar-refractivity contribution in [3.8, 4) is 0 Å². The van der Waals surface area contributed by atoms with Gasteiger partial charge in [-0.3, -0.25) is 0 Å². The molecule has 0 aromatic rings. The molecule has 3 heteroatoms. The van der Waals surface area contributed by atoms with Crippen molar-refractivity contribution in [2.75, 3.05) is 6.54 Å². The van der Waals surface area contributed by atoms with Gasteiger partial charge in [0.2, 0.25) is 0 Å². The Morgan fingerprint density at radius 2 is 2.00 bits per heavy atom. The van der Waals surface area contributed by atoms with Crippen molar-refractivity contribution in [1.82, 2.24) is 5.32 Å². The van der Waals surface area contributed by atoms with E-state index >= 15 is 0 Å². The predicted octanol–water partition coefficient (Wildman–Crippen LogP) is 3.42. The van der Waals surface area contributed by atoms with E-state index in [1.165, 1.54) is 5.57 Å². The molecule has 1 N–H and O–H groups in total. The van der Waals surface area contributed by atoms with Crippen molar-refractivity contribution in [2.24, 2.45) is 0 Å². The van der Waals surface area contributed by atoms with Crippen LogP contribution in [0.4, 0.5) is 4.79 Å². The molecule has 0 aliphatic rings. The number of hydrogen-bond acceptors (Lipinski definition) is 2. The highest BCUT2D eigenvalue weighted by molar-refractivity contribution is 5.67. The first-order valence-electron chi connectivity index (χ1n) is 5.67. The van der Waals surface area contributed by atoms with Gasteiger partial charge >= 0.3 is 6.09 Å². The monoisotopic (exact) mass is 225 g/mol. The second-order valence-electron chi connectivity index (χ2n) is 4.50. The first-order valence-corrected chi connectivity index (χ1v) is 5.67. The Morgan fingerprint density at radius 3 is 2.44 bits per heavy atom. The molecule has 0 aromatic heterocycles. The minimum absolute atomic E-state index is 0.379. The van der Waals surface area contributed by atoms with E-state index in [2.05, 4.69) is 18.3 Å². The average molecular weight is 225 g/mol. The summed E-state index contributed by atoms with van der Waals surface area (Å²) in [5, 5.41) is 2.67. The molecule has 0 aliphatic carbocycles. The lowest BCUT2D eigenvalue weighted by Crippen LogP contribution is -2.32. The lowest BCUT2D eigenvalue weighted by atomic mass is 10.2. The van der Waals surface area contributed by atoms with Crippen molar-refractivity contribution in [3.63, 3.8) is 0 Å². The number of allylic oxidation sites excluding steroid dienone is 3. The number of amides is 1. The number of carbonyl (C=O) groups is 1. The van der Waals surface area contributed by atoms with Crippen LogP contribution < -0.4 is 5.32 Å². The van der Waals surface area contributed by atoms with Gasteiger partial charge in [0.25, 0.3) is 0 Å². The van der Waals surface area contributed by atoms with Gasteiger partial charge in [0.1, 0.15) is 5.60 Å². The van der Waals surface area contributed by atoms with E-state index in [4.69, 9.17) is 4.74 Å². The molecule has 0 spiro atoms. The summed E-state index contributed by atoms with van der Waals surface area (Å²) in [6, 6.07) is 0. The van der Waals surface area contributed by atoms with Crippen molar-refractivity contribution < 1.29 is 9.53 Å². The Bertz CT molecular complexity index is 272. The molecule has 16 heavy (non-hydrogen) atoms. The molecule has 0 aliphatic heterocycles. The van der Waals surface area contributed by atoms with E-state index in [9.17, 15) is 4.79 Å². The first-order chi connectivity index (χ1) is 7.39. The minimum Gasteiger partial charge on any atom is -0.444 e. The molecule has 3 nitrogen and oxygen atoms in total. The van der Waals surface area contributed by atoms with Gasteiger partial charge in [-0.1, -0.05) is 30.7 Å². The molecule has 0 atom stereocenters. The lowest BCUT2D eigenvalue weighted by Gasteiger charge is -2.19. The minimum atomic E-state index is -0.439. The number of alkyl carbamates (subject to hydrolysis) is 1. The maximum Gasteiger partial charge on any atom is 0.407 e. The maximum atomic E-state index is 11.3. The predicted molar refractivity (Wildman–Crippen MR) is 67.4 cm³/mol. The number of hydrogen-bond donors (Lipinski definition) is 1. The van der Waals surface area contributed by atoms with Crippen LogP contribution in [0.15, 0.2) is 23.8 Å². The molecule has 0 saturated heterocycles. The number of carbonyl (C=O) groups excluding carboxylic acids is 1. The molecule has 1 amide bonds. The summed E-state index contributed by atoms with van der Waals surface area (Å²) in [6.07, 6.45) is 6.61. The van der Waals surface area contributed by atoms with E-state index < -0.39 is 5.60 Å². The van der Waals surface area contributed by atoms with E-state index in [0.717, 1.165) is 6.42 Å². The summed E-state index contributed by atoms with van der Waals surface area (Å²) >= 11 is 0. The molecule has 0 aromatic carbocycles. The van der Waals surface area contributed by atoms with Crippen molar-refractivity contribution in [3.05, 3.63) is 23.8 Å². The quantitative estimate of drug-likeness (QED) is 0.744. The Hall–Kier alpha value is -1.25. The van der Waals surface area contributed by atoms with Crippen LogP contribution in [0.5, 0.6) is 0 Å². The number of nitrogens with one attached hydrogen (secondary N) is 1. The summed E-state index contributed by atoms with van der Waals surface area (Å²) in [5.41, 5.74) is 0.817. The fourth-order valence-corrected chi connectivity index (χ4v) is 1.08. The van der Waals surface area contributed by atoms with Crippen LogP contribution in [0, 0.1) is 0 Å². The van der Waals surface area contributed by atoms with E-state index in [0.29, 0.717) is 6.54 Å². The molecule has 0 heterocycles. The third-order valence-electron chi connectivity index (χ3n) is 1.87. The number of ether oxygens (including phenoxy) is 1. The molecule has 0 fully saturated rings. The molecule has 0 saturated carbocycles. The van der Waals surface area contributed by atoms with Crippen molar-refractivity contribution >= 4 is 6.09 Å². The van der Waals surface area contributed by atoms with Gasteiger partial charge in [-0.25, -0.2) is 4.79 Å². The average Bonchev–Trinajstić information content (AvgIpc) is 2.15. The highest BCUT2D eigenvalue weighted by Crippen LogP contribution is 2.06. The highest BCUT2D eigenvalue weighted by Gasteiger charge is 2.14. The SMILES string of the molecule is C/C=C(\C=C/CNC(=O)OC(C)(C)C)CC. The zero-order valence-electron chi connectivity index (χ0n) is 11.0. The van der Waals surface area contributed by atoms with Crippen LogP contribution in [0.3, 0.4) is 0 Å². The van der Waals surface area contributed by atoms with E-state index in [-0.39, 0.29) is 6.09 Å². The molecule has 0 rings (SSSR count). The third kappa shape index (κ3) is 8.09. The van der Waals surface area contributed by atoms with E-state index in [1.807, 2.05) is 39.8 Å². The standard InChI is InChI=1S/C13H23NO2/c1-6-11(7-2)9-8-10-14-12(15)16-13(3,4)5/h6,8-9H,7,10H2,1-5H3,(H,14,15)/b9-8-,11-6-. The van der Waals surface area contributed by atoms with Gasteiger partial charge in [0.15, 0.2) is 0 Å². The van der Waals surface area contributed by atoms with Crippen LogP contribution in [-0.2, 0) is 4.74 Å². The second kappa shape index (κ2) is 7.09. The summed E-state index contributed by atoms with van der Waals surface area (Å²) in [5.74, 6) is 0. The van der Waals surface area contributed by atoms with Gasteiger partial charge in [0.05, 0.1) is 0 Å². The zero-order valence-corrected chi connectivity index (χ0v) is 11.0. The van der Waals surface area contributed by atoms with Crippen LogP contribution in [0.25, 0.3) is 0 Å². The summed E-state index contributed by atoms with van der Waals surface area (Å²) < 4.78 is 5.10. The Balaban J connectivity index is 3.87. The van der Waals surface area contributed by atoms with Gasteiger partial charge in [-0.05, 0) is 34.1 Å². The lowest BCUT2D eigenvalue weighted by molar-refractivity contribution is 0.0534. The summed E-state index contributed by atoms with van der Waals surface area (Å²) in [6.45, 7) is 10.1. The first kappa shape index (κ1) is 14.8. The Labute approximate surface area is 98.6 Å². The maximum absolute atomic E-state index is 11.3. The largest absolute Gasteiger partial charge is 0.444 e. The molecule has 0 radical (unpaired) electrons. The summed E-state index contributed by atoms with van der Waals surface area (Å²) in [7, 11) is 0. The molecule has 92 valence electrons. The summed E-state index contributed by atoms with van der Waals surface area (Å²) in [4.78, 5) is 11.3. The zero-order chi connectivity index (χ0) is 12.6. The van der Waals surface area contributed by atoms with Crippen molar-refractivity contribution in [2.45, 2.75) is 46.6 Å². The Morgan fingerprint density at radius 1 is 1.38 bits per heavy atom. The van der Waals surface area contributed by atoms with E-state index in [1.54, 1.807) is 0 Å². The number of rotatable bonds is 4. The highest BCUT2D eigenvalue weighted by atomic mass is 16.6. The molecule has 0 bridgehead atoms. The van der Waals surface area contributed by atoms with Crippen molar-refractivity contribution in [1.29, 1.82) is 0 Å². The topological polar surface area (TPSA) is 38.3 Å². The fourth-order valence-electron chi connectivity index (χ4n) is 1.08. The van der Waals surface area contributed by atoms with Crippen LogP contribution in [-0.4, -0.2) is 18.2 Å². The van der Waals surface area contributed by atoms with Gasteiger partial charge in [-0.2, -0.15) is 0 Å². The second-order valence-corrected chi connectivity index (χ2v) is 4.50. The molecular formula is C13H23NO2. The van der Waals surface area contributed by atoms with Crippen LogP contribution in [0.1, 0.15) is 41.0 Å². The molecule has 0 unspecified atom stereocenters. The normalized spacial score (nSPS) is 12.9. The van der Waals surface area contributed by atoms with Gasteiger partial charge in [0, 0.05) is 6.54 Å². The fraction of sp³-hybridized carbons (Fsp3) is 0.615. The molecular weight excluding hydrogens is 202 g/mol. The van der Waals surface area contributed by atoms with Gasteiger partial charge in [-0.15, -0.1) is 0 Å².